The van der Waals surface area contributed by atoms with Gasteiger partial charge >= 0.3 is 0 Å². The zero-order chi connectivity index (χ0) is 14.7. The first kappa shape index (κ1) is 14.6. The molecule has 1 aliphatic rings. The summed E-state index contributed by atoms with van der Waals surface area (Å²) in [5, 5.41) is 6.89. The molecule has 0 saturated carbocycles. The van der Waals surface area contributed by atoms with E-state index in [0.29, 0.717) is 6.54 Å². The van der Waals surface area contributed by atoms with Gasteiger partial charge in [-0.05, 0) is 12.8 Å². The van der Waals surface area contributed by atoms with Crippen molar-refractivity contribution >= 4 is 11.8 Å². The molecular weight excluding hydrogens is 256 g/mol. The van der Waals surface area contributed by atoms with E-state index in [1.165, 1.54) is 0 Å². The molecule has 1 aromatic heterocycles. The number of carbonyl (C=O) groups excluding carboxylic acids is 2. The zero-order valence-electron chi connectivity index (χ0n) is 12.3. The first-order chi connectivity index (χ1) is 9.56. The van der Waals surface area contributed by atoms with E-state index in [1.807, 2.05) is 31.6 Å². The van der Waals surface area contributed by atoms with Gasteiger partial charge in [-0.2, -0.15) is 5.10 Å². The lowest BCUT2D eigenvalue weighted by Crippen LogP contribution is -2.60. The maximum atomic E-state index is 12.1. The molecule has 1 fully saturated rings. The number of amides is 2. The van der Waals surface area contributed by atoms with Gasteiger partial charge in [-0.1, -0.05) is 20.3 Å². The van der Waals surface area contributed by atoms with Crippen LogP contribution in [0.1, 0.15) is 32.8 Å². The minimum atomic E-state index is -0.383. The van der Waals surface area contributed by atoms with Crippen LogP contribution in [0.5, 0.6) is 0 Å². The molecule has 0 spiro atoms. The number of aromatic nitrogens is 2. The SMILES string of the molecule is CCC(C)C1C(=O)NCC(=O)N1Cc1cnn(CC)c1. The smallest absolute Gasteiger partial charge is 0.243 e. The van der Waals surface area contributed by atoms with Crippen molar-refractivity contribution in [3.05, 3.63) is 18.0 Å². The quantitative estimate of drug-likeness (QED) is 0.865. The molecule has 0 aliphatic carbocycles. The van der Waals surface area contributed by atoms with E-state index in [-0.39, 0.29) is 30.3 Å². The third-order valence-corrected chi connectivity index (χ3v) is 3.89. The number of hydrogen-bond donors (Lipinski definition) is 1. The van der Waals surface area contributed by atoms with Crippen LogP contribution in [-0.4, -0.2) is 39.1 Å². The molecule has 2 unspecified atom stereocenters. The molecule has 1 N–H and O–H groups in total. The molecule has 2 amide bonds. The van der Waals surface area contributed by atoms with E-state index >= 15 is 0 Å². The topological polar surface area (TPSA) is 67.2 Å². The monoisotopic (exact) mass is 278 g/mol. The van der Waals surface area contributed by atoms with Gasteiger partial charge in [-0.25, -0.2) is 0 Å². The lowest BCUT2D eigenvalue weighted by Gasteiger charge is -2.37. The predicted octanol–water partition coefficient (Wildman–Crippen LogP) is 0.776. The standard InChI is InChI=1S/C14H22N4O2/c1-4-10(3)13-14(20)15-7-12(19)18(13)9-11-6-16-17(5-2)8-11/h6,8,10,13H,4-5,7,9H2,1-3H3,(H,15,20). The Labute approximate surface area is 119 Å². The average Bonchev–Trinajstić information content (AvgIpc) is 2.90. The fraction of sp³-hybridized carbons (Fsp3) is 0.643. The average molecular weight is 278 g/mol. The third-order valence-electron chi connectivity index (χ3n) is 3.89. The predicted molar refractivity (Wildman–Crippen MR) is 74.7 cm³/mol. The highest BCUT2D eigenvalue weighted by Gasteiger charge is 2.37. The van der Waals surface area contributed by atoms with Crippen molar-refractivity contribution in [3.63, 3.8) is 0 Å². The summed E-state index contributed by atoms with van der Waals surface area (Å²) in [6, 6.07) is -0.383. The first-order valence-corrected chi connectivity index (χ1v) is 7.15. The molecule has 0 bridgehead atoms. The Kier molecular flexibility index (Phi) is 4.42. The molecule has 20 heavy (non-hydrogen) atoms. The van der Waals surface area contributed by atoms with Gasteiger partial charge < -0.3 is 10.2 Å². The lowest BCUT2D eigenvalue weighted by molar-refractivity contribution is -0.148. The van der Waals surface area contributed by atoms with Crippen molar-refractivity contribution in [1.29, 1.82) is 0 Å². The number of piperazine rings is 1. The van der Waals surface area contributed by atoms with Crippen LogP contribution in [-0.2, 0) is 22.7 Å². The minimum absolute atomic E-state index is 0.0286. The van der Waals surface area contributed by atoms with Crippen LogP contribution in [0.25, 0.3) is 0 Å². The van der Waals surface area contributed by atoms with Crippen molar-refractivity contribution in [2.75, 3.05) is 6.54 Å². The van der Waals surface area contributed by atoms with E-state index < -0.39 is 0 Å². The summed E-state index contributed by atoms with van der Waals surface area (Å²) in [4.78, 5) is 25.9. The number of nitrogens with zero attached hydrogens (tertiary/aromatic N) is 3. The van der Waals surface area contributed by atoms with Crippen molar-refractivity contribution in [3.8, 4) is 0 Å². The van der Waals surface area contributed by atoms with Crippen LogP contribution in [0.3, 0.4) is 0 Å². The largest absolute Gasteiger partial charge is 0.345 e. The highest BCUT2D eigenvalue weighted by Crippen LogP contribution is 2.20. The van der Waals surface area contributed by atoms with E-state index in [2.05, 4.69) is 10.4 Å². The summed E-state index contributed by atoms with van der Waals surface area (Å²) in [7, 11) is 0. The Balaban J connectivity index is 2.19. The van der Waals surface area contributed by atoms with Crippen molar-refractivity contribution in [2.45, 2.75) is 46.3 Å². The second-order valence-corrected chi connectivity index (χ2v) is 5.27. The summed E-state index contributed by atoms with van der Waals surface area (Å²) in [6.45, 7) is 7.38. The first-order valence-electron chi connectivity index (χ1n) is 7.15. The highest BCUT2D eigenvalue weighted by atomic mass is 16.2. The molecule has 1 aromatic rings. The second-order valence-electron chi connectivity index (χ2n) is 5.27. The lowest BCUT2D eigenvalue weighted by atomic mass is 9.94. The number of nitrogens with one attached hydrogen (secondary N) is 1. The maximum Gasteiger partial charge on any atom is 0.243 e. The second kappa shape index (κ2) is 6.07. The maximum absolute atomic E-state index is 12.1. The zero-order valence-corrected chi connectivity index (χ0v) is 12.3. The van der Waals surface area contributed by atoms with Gasteiger partial charge in [0.15, 0.2) is 0 Å². The molecule has 6 nitrogen and oxygen atoms in total. The molecule has 2 rings (SSSR count). The van der Waals surface area contributed by atoms with Gasteiger partial charge in [0, 0.05) is 24.8 Å². The molecule has 0 radical (unpaired) electrons. The van der Waals surface area contributed by atoms with Gasteiger partial charge in [0.1, 0.15) is 6.04 Å². The van der Waals surface area contributed by atoms with E-state index in [9.17, 15) is 9.59 Å². The molecule has 110 valence electrons. The van der Waals surface area contributed by atoms with Crippen molar-refractivity contribution in [2.24, 2.45) is 5.92 Å². The normalized spacial score (nSPS) is 20.9. The fourth-order valence-electron chi connectivity index (χ4n) is 2.50. The minimum Gasteiger partial charge on any atom is -0.345 e. The summed E-state index contributed by atoms with van der Waals surface area (Å²) >= 11 is 0. The van der Waals surface area contributed by atoms with Crippen molar-refractivity contribution < 1.29 is 9.59 Å². The molecule has 0 aromatic carbocycles. The van der Waals surface area contributed by atoms with Crippen LogP contribution in [0.2, 0.25) is 0 Å². The summed E-state index contributed by atoms with van der Waals surface area (Å²) < 4.78 is 1.82. The van der Waals surface area contributed by atoms with E-state index in [4.69, 9.17) is 0 Å². The van der Waals surface area contributed by atoms with Crippen LogP contribution >= 0.6 is 0 Å². The van der Waals surface area contributed by atoms with Gasteiger partial charge in [-0.15, -0.1) is 0 Å². The summed E-state index contributed by atoms with van der Waals surface area (Å²) in [5.74, 6) is 0.0569. The van der Waals surface area contributed by atoms with Crippen molar-refractivity contribution in [1.82, 2.24) is 20.0 Å². The van der Waals surface area contributed by atoms with E-state index in [1.54, 1.807) is 11.1 Å². The summed E-state index contributed by atoms with van der Waals surface area (Å²) in [5.41, 5.74) is 0.961. The molecule has 1 aliphatic heterocycles. The molecule has 1 saturated heterocycles. The Morgan fingerprint density at radius 2 is 2.20 bits per heavy atom. The van der Waals surface area contributed by atoms with Crippen LogP contribution < -0.4 is 5.32 Å². The Morgan fingerprint density at radius 1 is 1.45 bits per heavy atom. The fourth-order valence-corrected chi connectivity index (χ4v) is 2.50. The Hall–Kier alpha value is -1.85. The number of rotatable bonds is 5. The number of aryl methyl sites for hydroxylation is 1. The van der Waals surface area contributed by atoms with Gasteiger partial charge in [-0.3, -0.25) is 14.3 Å². The summed E-state index contributed by atoms with van der Waals surface area (Å²) in [6.07, 6.45) is 4.54. The number of carbonyl (C=O) groups is 2. The van der Waals surface area contributed by atoms with E-state index in [0.717, 1.165) is 18.5 Å². The van der Waals surface area contributed by atoms with Crippen LogP contribution in [0, 0.1) is 5.92 Å². The highest BCUT2D eigenvalue weighted by molar-refractivity contribution is 5.94. The van der Waals surface area contributed by atoms with Gasteiger partial charge in [0.2, 0.25) is 11.8 Å². The number of hydrogen-bond acceptors (Lipinski definition) is 3. The Bertz CT molecular complexity index is 497. The van der Waals surface area contributed by atoms with Gasteiger partial charge in [0.05, 0.1) is 12.7 Å². The molecule has 2 heterocycles. The molecule has 2 atom stereocenters. The third kappa shape index (κ3) is 2.84. The van der Waals surface area contributed by atoms with Crippen LogP contribution in [0.15, 0.2) is 12.4 Å². The van der Waals surface area contributed by atoms with Crippen LogP contribution in [0.4, 0.5) is 0 Å². The molecule has 6 heteroatoms. The molecular formula is C14H22N4O2. The van der Waals surface area contributed by atoms with Gasteiger partial charge in [0.25, 0.3) is 0 Å². The Morgan fingerprint density at radius 3 is 2.80 bits per heavy atom.